The summed E-state index contributed by atoms with van der Waals surface area (Å²) in [7, 11) is 0. The van der Waals surface area contributed by atoms with Crippen LogP contribution in [0, 0.1) is 11.8 Å². The second-order valence-corrected chi connectivity index (χ2v) is 7.90. The van der Waals surface area contributed by atoms with Crippen LogP contribution in [-0.2, 0) is 0 Å². The highest BCUT2D eigenvalue weighted by Gasteiger charge is 2.28. The molecule has 1 aromatic carbocycles. The minimum absolute atomic E-state index is 0.486. The molecule has 1 aliphatic carbocycles. The van der Waals surface area contributed by atoms with E-state index in [0.717, 1.165) is 22.9 Å². The molecule has 1 aromatic rings. The quantitative estimate of drug-likeness (QED) is 0.629. The third kappa shape index (κ3) is 4.32. The lowest BCUT2D eigenvalue weighted by Gasteiger charge is -2.34. The molecule has 0 bridgehead atoms. The van der Waals surface area contributed by atoms with Gasteiger partial charge in [-0.05, 0) is 55.3 Å². The van der Waals surface area contributed by atoms with Gasteiger partial charge in [0.2, 0.25) is 0 Å². The van der Waals surface area contributed by atoms with Gasteiger partial charge >= 0.3 is 0 Å². The van der Waals surface area contributed by atoms with Crippen LogP contribution in [0.3, 0.4) is 0 Å². The lowest BCUT2D eigenvalue weighted by atomic mass is 9.76. The lowest BCUT2D eigenvalue weighted by Crippen LogP contribution is -2.32. The predicted molar refractivity (Wildman–Crippen MR) is 94.0 cm³/mol. The molecule has 0 aliphatic heterocycles. The van der Waals surface area contributed by atoms with E-state index < -0.39 is 0 Å². The Labute approximate surface area is 140 Å². The maximum absolute atomic E-state index is 3.79. The Morgan fingerprint density at radius 2 is 2.10 bits per heavy atom. The summed E-state index contributed by atoms with van der Waals surface area (Å²) in [6, 6.07) is 7.08. The first-order chi connectivity index (χ1) is 9.61. The molecule has 1 fully saturated rings. The number of benzene rings is 1. The Hall–Kier alpha value is 0.140. The van der Waals surface area contributed by atoms with Gasteiger partial charge in [-0.3, -0.25) is 0 Å². The standard InChI is InChI=1S/C17H25Br2N/c1-3-9-20-17(13-6-4-5-12(2)10-13)15-8-7-14(18)11-16(15)19/h7-8,11-13,17,20H,3-6,9-10H2,1-2H3. The first-order valence-electron chi connectivity index (χ1n) is 7.80. The summed E-state index contributed by atoms with van der Waals surface area (Å²) < 4.78 is 2.36. The minimum atomic E-state index is 0.486. The van der Waals surface area contributed by atoms with Gasteiger partial charge < -0.3 is 5.32 Å². The van der Waals surface area contributed by atoms with Crippen molar-refractivity contribution in [1.29, 1.82) is 0 Å². The van der Waals surface area contributed by atoms with E-state index in [9.17, 15) is 0 Å². The molecule has 2 rings (SSSR count). The highest BCUT2D eigenvalue weighted by molar-refractivity contribution is 9.11. The molecule has 1 aliphatic rings. The fourth-order valence-electron chi connectivity index (χ4n) is 3.37. The molecule has 1 nitrogen and oxygen atoms in total. The zero-order chi connectivity index (χ0) is 14.5. The Morgan fingerprint density at radius 3 is 2.75 bits per heavy atom. The molecule has 1 saturated carbocycles. The van der Waals surface area contributed by atoms with Gasteiger partial charge in [-0.1, -0.05) is 64.6 Å². The smallest absolute Gasteiger partial charge is 0.0359 e. The highest BCUT2D eigenvalue weighted by atomic mass is 79.9. The first kappa shape index (κ1) is 16.5. The van der Waals surface area contributed by atoms with Crippen molar-refractivity contribution in [1.82, 2.24) is 5.32 Å². The topological polar surface area (TPSA) is 12.0 Å². The maximum Gasteiger partial charge on any atom is 0.0359 e. The molecule has 112 valence electrons. The van der Waals surface area contributed by atoms with Crippen molar-refractivity contribution < 1.29 is 0 Å². The van der Waals surface area contributed by atoms with E-state index in [1.807, 2.05) is 0 Å². The Balaban J connectivity index is 2.21. The van der Waals surface area contributed by atoms with Gasteiger partial charge in [0.15, 0.2) is 0 Å². The van der Waals surface area contributed by atoms with Gasteiger partial charge in [0.1, 0.15) is 0 Å². The van der Waals surface area contributed by atoms with E-state index in [4.69, 9.17) is 0 Å². The molecule has 1 N–H and O–H groups in total. The summed E-state index contributed by atoms with van der Waals surface area (Å²) in [5.41, 5.74) is 1.42. The summed E-state index contributed by atoms with van der Waals surface area (Å²) >= 11 is 7.30. The number of nitrogens with one attached hydrogen (secondary N) is 1. The van der Waals surface area contributed by atoms with Crippen molar-refractivity contribution in [2.45, 2.75) is 52.0 Å². The number of hydrogen-bond acceptors (Lipinski definition) is 1. The zero-order valence-electron chi connectivity index (χ0n) is 12.5. The minimum Gasteiger partial charge on any atom is -0.310 e. The van der Waals surface area contributed by atoms with Gasteiger partial charge in [-0.25, -0.2) is 0 Å². The number of rotatable bonds is 5. The lowest BCUT2D eigenvalue weighted by molar-refractivity contribution is 0.223. The van der Waals surface area contributed by atoms with Crippen LogP contribution in [0.5, 0.6) is 0 Å². The second-order valence-electron chi connectivity index (χ2n) is 6.13. The fraction of sp³-hybridized carbons (Fsp3) is 0.647. The molecule has 20 heavy (non-hydrogen) atoms. The van der Waals surface area contributed by atoms with Crippen molar-refractivity contribution in [3.8, 4) is 0 Å². The molecule has 3 heteroatoms. The van der Waals surface area contributed by atoms with E-state index >= 15 is 0 Å². The van der Waals surface area contributed by atoms with Crippen LogP contribution in [0.1, 0.15) is 57.6 Å². The van der Waals surface area contributed by atoms with Crippen LogP contribution in [0.2, 0.25) is 0 Å². The average Bonchev–Trinajstić information content (AvgIpc) is 2.41. The summed E-state index contributed by atoms with van der Waals surface area (Å²) in [4.78, 5) is 0. The van der Waals surface area contributed by atoms with Crippen molar-refractivity contribution in [3.63, 3.8) is 0 Å². The van der Waals surface area contributed by atoms with Crippen LogP contribution in [0.15, 0.2) is 27.1 Å². The third-order valence-corrected chi connectivity index (χ3v) is 5.54. The molecular formula is C17H25Br2N. The van der Waals surface area contributed by atoms with Crippen molar-refractivity contribution >= 4 is 31.9 Å². The highest BCUT2D eigenvalue weighted by Crippen LogP contribution is 2.39. The third-order valence-electron chi connectivity index (χ3n) is 4.36. The number of hydrogen-bond donors (Lipinski definition) is 1. The van der Waals surface area contributed by atoms with Crippen molar-refractivity contribution in [2.24, 2.45) is 11.8 Å². The van der Waals surface area contributed by atoms with Crippen LogP contribution in [-0.4, -0.2) is 6.54 Å². The summed E-state index contributed by atoms with van der Waals surface area (Å²) in [5, 5.41) is 3.79. The fourth-order valence-corrected chi connectivity index (χ4v) is 4.66. The molecule has 0 spiro atoms. The maximum atomic E-state index is 3.79. The van der Waals surface area contributed by atoms with Gasteiger partial charge in [0, 0.05) is 15.0 Å². The normalized spacial score (nSPS) is 24.6. The van der Waals surface area contributed by atoms with Crippen molar-refractivity contribution in [3.05, 3.63) is 32.7 Å². The Morgan fingerprint density at radius 1 is 1.30 bits per heavy atom. The van der Waals surface area contributed by atoms with Gasteiger partial charge in [-0.15, -0.1) is 0 Å². The average molecular weight is 403 g/mol. The molecule has 0 heterocycles. The Bertz CT molecular complexity index is 433. The van der Waals surface area contributed by atoms with Gasteiger partial charge in [0.25, 0.3) is 0 Å². The zero-order valence-corrected chi connectivity index (χ0v) is 15.6. The first-order valence-corrected chi connectivity index (χ1v) is 9.38. The number of halogens is 2. The molecular weight excluding hydrogens is 378 g/mol. The monoisotopic (exact) mass is 401 g/mol. The Kier molecular flexibility index (Phi) is 6.57. The van der Waals surface area contributed by atoms with Crippen molar-refractivity contribution in [2.75, 3.05) is 6.54 Å². The van der Waals surface area contributed by atoms with Crippen LogP contribution in [0.25, 0.3) is 0 Å². The van der Waals surface area contributed by atoms with E-state index in [0.29, 0.717) is 6.04 Å². The molecule has 0 amide bonds. The van der Waals surface area contributed by atoms with E-state index in [2.05, 4.69) is 69.2 Å². The van der Waals surface area contributed by atoms with Crippen LogP contribution in [0.4, 0.5) is 0 Å². The van der Waals surface area contributed by atoms with Crippen LogP contribution < -0.4 is 5.32 Å². The summed E-state index contributed by atoms with van der Waals surface area (Å²) in [5.74, 6) is 1.64. The van der Waals surface area contributed by atoms with Gasteiger partial charge in [-0.2, -0.15) is 0 Å². The molecule has 3 unspecified atom stereocenters. The largest absolute Gasteiger partial charge is 0.310 e. The van der Waals surface area contributed by atoms with E-state index in [-0.39, 0.29) is 0 Å². The van der Waals surface area contributed by atoms with E-state index in [1.54, 1.807) is 0 Å². The SMILES string of the molecule is CCCNC(c1ccc(Br)cc1Br)C1CCCC(C)C1. The second kappa shape index (κ2) is 7.95. The molecule has 0 radical (unpaired) electrons. The molecule has 0 aromatic heterocycles. The molecule has 0 saturated heterocycles. The summed E-state index contributed by atoms with van der Waals surface area (Å²) in [6.07, 6.45) is 6.67. The van der Waals surface area contributed by atoms with Gasteiger partial charge in [0.05, 0.1) is 0 Å². The van der Waals surface area contributed by atoms with Crippen LogP contribution >= 0.6 is 31.9 Å². The van der Waals surface area contributed by atoms with E-state index in [1.165, 1.54) is 42.1 Å². The molecule has 3 atom stereocenters. The predicted octanol–water partition coefficient (Wildman–Crippen LogP) is 6.08. The summed E-state index contributed by atoms with van der Waals surface area (Å²) in [6.45, 7) is 5.74.